The molecular weight excluding hydrogens is 462 g/mol. The van der Waals surface area contributed by atoms with Crippen molar-refractivity contribution in [2.75, 3.05) is 19.7 Å². The first-order valence-corrected chi connectivity index (χ1v) is 13.0. The Morgan fingerprint density at radius 1 is 1.03 bits per heavy atom. The van der Waals surface area contributed by atoms with Gasteiger partial charge >= 0.3 is 0 Å². The van der Waals surface area contributed by atoms with Crippen LogP contribution in [0.2, 0.25) is 0 Å². The number of carbonyl (C=O) groups is 1. The van der Waals surface area contributed by atoms with E-state index >= 15 is 0 Å². The summed E-state index contributed by atoms with van der Waals surface area (Å²) in [4.78, 5) is 20.4. The van der Waals surface area contributed by atoms with Gasteiger partial charge in [-0.2, -0.15) is 0 Å². The van der Waals surface area contributed by atoms with Gasteiger partial charge in [0.05, 0.1) is 17.8 Å². The largest absolute Gasteiger partial charge is 0.489 e. The Bertz CT molecular complexity index is 1630. The molecule has 0 radical (unpaired) electrons. The molecule has 7 heteroatoms. The lowest BCUT2D eigenvalue weighted by atomic mass is 10.0. The molecule has 1 amide bonds. The Hall–Kier alpha value is -4.10. The number of imidazole rings is 1. The zero-order valence-corrected chi connectivity index (χ0v) is 20.6. The van der Waals surface area contributed by atoms with Crippen LogP contribution in [-0.2, 0) is 13.1 Å². The van der Waals surface area contributed by atoms with E-state index in [1.807, 2.05) is 23.1 Å². The minimum Gasteiger partial charge on any atom is -0.489 e. The highest BCUT2D eigenvalue weighted by molar-refractivity contribution is 6.00. The van der Waals surface area contributed by atoms with Crippen molar-refractivity contribution in [1.29, 1.82) is 0 Å². The fourth-order valence-corrected chi connectivity index (χ4v) is 5.83. The lowest BCUT2D eigenvalue weighted by Crippen LogP contribution is -2.45. The van der Waals surface area contributed by atoms with Crippen molar-refractivity contribution in [3.63, 3.8) is 0 Å². The molecule has 7 rings (SSSR count). The molecule has 3 aromatic carbocycles. The number of benzene rings is 3. The maximum Gasteiger partial charge on any atom is 0.254 e. The van der Waals surface area contributed by atoms with Gasteiger partial charge in [0.15, 0.2) is 5.82 Å². The molecule has 4 heterocycles. The van der Waals surface area contributed by atoms with E-state index in [2.05, 4.69) is 63.7 Å². The molecule has 2 aliphatic heterocycles. The third-order valence-corrected chi connectivity index (χ3v) is 7.59. The van der Waals surface area contributed by atoms with Crippen molar-refractivity contribution >= 4 is 27.8 Å². The molecule has 37 heavy (non-hydrogen) atoms. The minimum atomic E-state index is -0.00300. The van der Waals surface area contributed by atoms with E-state index in [1.165, 1.54) is 16.5 Å². The molecule has 186 valence electrons. The summed E-state index contributed by atoms with van der Waals surface area (Å²) in [6.45, 7) is 3.32. The number of ether oxygens (including phenoxy) is 1. The number of aromatic nitrogens is 3. The quantitative estimate of drug-likeness (QED) is 0.397. The highest BCUT2D eigenvalue weighted by Crippen LogP contribution is 2.37. The van der Waals surface area contributed by atoms with Crippen LogP contribution in [-0.4, -0.2) is 50.7 Å². The topological polar surface area (TPSA) is 78.3 Å². The fraction of sp³-hybridized carbons (Fsp3) is 0.267. The summed E-state index contributed by atoms with van der Waals surface area (Å²) >= 11 is 0. The number of nitrogens with zero attached hydrogens (tertiary/aromatic N) is 4. The molecule has 2 aliphatic rings. The number of rotatable bonds is 4. The molecule has 1 fully saturated rings. The number of piperidine rings is 1. The fourth-order valence-electron chi connectivity index (χ4n) is 5.83. The minimum absolute atomic E-state index is 0.00300. The van der Waals surface area contributed by atoms with Crippen LogP contribution in [0.4, 0.5) is 0 Å². The van der Waals surface area contributed by atoms with Gasteiger partial charge in [0.25, 0.3) is 5.91 Å². The number of para-hydroxylation sites is 1. The predicted molar refractivity (Wildman–Crippen MR) is 145 cm³/mol. The molecule has 0 spiro atoms. The molecule has 0 aliphatic carbocycles. The van der Waals surface area contributed by atoms with Gasteiger partial charge in [-0.15, -0.1) is 0 Å². The lowest BCUT2D eigenvalue weighted by molar-refractivity contribution is 0.0708. The maximum absolute atomic E-state index is 13.4. The van der Waals surface area contributed by atoms with E-state index in [-0.39, 0.29) is 11.9 Å². The Morgan fingerprint density at radius 2 is 1.86 bits per heavy atom. The van der Waals surface area contributed by atoms with Crippen molar-refractivity contribution in [1.82, 2.24) is 19.0 Å². The predicted octanol–water partition coefficient (Wildman–Crippen LogP) is 4.66. The normalized spacial score (nSPS) is 17.3. The van der Waals surface area contributed by atoms with E-state index in [1.54, 1.807) is 0 Å². The second-order valence-electron chi connectivity index (χ2n) is 10.1. The van der Waals surface area contributed by atoms with E-state index in [0.29, 0.717) is 25.3 Å². The number of likely N-dealkylation sites (tertiary alicyclic amines) is 1. The Kier molecular flexibility index (Phi) is 5.25. The van der Waals surface area contributed by atoms with Gasteiger partial charge in [-0.05, 0) is 42.7 Å². The zero-order chi connectivity index (χ0) is 24.9. The first-order chi connectivity index (χ1) is 18.2. The van der Waals surface area contributed by atoms with Crippen LogP contribution in [0.1, 0.15) is 28.8 Å². The van der Waals surface area contributed by atoms with Crippen LogP contribution in [0.3, 0.4) is 0 Å². The Labute approximate surface area is 215 Å². The summed E-state index contributed by atoms with van der Waals surface area (Å²) in [6.07, 6.45) is 1.89. The van der Waals surface area contributed by atoms with E-state index in [9.17, 15) is 4.79 Å². The average molecular weight is 492 g/mol. The summed E-state index contributed by atoms with van der Waals surface area (Å²) in [7, 11) is 0. The van der Waals surface area contributed by atoms with Crippen molar-refractivity contribution in [2.45, 2.75) is 32.0 Å². The summed E-state index contributed by atoms with van der Waals surface area (Å²) in [5.41, 5.74) is 12.0. The SMILES string of the molecule is N[C@@H]1CCCN(C(=O)c2cc3c4c(c2)nc(-c2cc5ccccc5n2Cc2ccccc2)n4CCO3)C1. The monoisotopic (exact) mass is 491 g/mol. The molecule has 5 aromatic rings. The van der Waals surface area contributed by atoms with Crippen LogP contribution in [0.25, 0.3) is 33.5 Å². The Morgan fingerprint density at radius 3 is 2.73 bits per heavy atom. The Balaban J connectivity index is 1.37. The van der Waals surface area contributed by atoms with Gasteiger partial charge in [0, 0.05) is 42.1 Å². The third-order valence-electron chi connectivity index (χ3n) is 7.59. The standard InChI is InChI=1S/C30H29N5O2/c31-23-10-6-12-33(19-23)30(36)22-15-24-28-27(17-22)37-14-13-34(28)29(32-24)26-16-21-9-4-5-11-25(21)35(26)18-20-7-2-1-3-8-20/h1-5,7-9,11,15-17,23H,6,10,12-14,18-19,31H2/t23-/m1/s1. The number of nitrogens with two attached hydrogens (primary N) is 1. The summed E-state index contributed by atoms with van der Waals surface area (Å²) in [5.74, 6) is 1.62. The lowest BCUT2D eigenvalue weighted by Gasteiger charge is -2.31. The molecule has 2 aromatic heterocycles. The highest BCUT2D eigenvalue weighted by atomic mass is 16.5. The second kappa shape index (κ2) is 8.78. The summed E-state index contributed by atoms with van der Waals surface area (Å²) in [6, 6.07) is 25.0. The molecule has 2 N–H and O–H groups in total. The number of carbonyl (C=O) groups excluding carboxylic acids is 1. The van der Waals surface area contributed by atoms with Crippen molar-refractivity contribution in [3.8, 4) is 17.3 Å². The van der Waals surface area contributed by atoms with Crippen LogP contribution in [0.5, 0.6) is 5.75 Å². The first kappa shape index (κ1) is 22.1. The second-order valence-corrected chi connectivity index (χ2v) is 10.1. The van der Waals surface area contributed by atoms with Crippen molar-refractivity contribution < 1.29 is 9.53 Å². The van der Waals surface area contributed by atoms with Gasteiger partial charge in [0.1, 0.15) is 17.9 Å². The molecular formula is C30H29N5O2. The molecule has 0 saturated carbocycles. The van der Waals surface area contributed by atoms with Crippen LogP contribution in [0.15, 0.2) is 72.8 Å². The van der Waals surface area contributed by atoms with Crippen molar-refractivity contribution in [3.05, 3.63) is 83.9 Å². The highest BCUT2D eigenvalue weighted by Gasteiger charge is 2.27. The smallest absolute Gasteiger partial charge is 0.254 e. The van der Waals surface area contributed by atoms with Gasteiger partial charge in [-0.1, -0.05) is 48.5 Å². The van der Waals surface area contributed by atoms with Crippen LogP contribution < -0.4 is 10.5 Å². The van der Waals surface area contributed by atoms with Gasteiger partial charge in [-0.25, -0.2) is 4.98 Å². The molecule has 1 atom stereocenters. The average Bonchev–Trinajstić information content (AvgIpc) is 3.48. The van der Waals surface area contributed by atoms with Gasteiger partial charge in [-0.3, -0.25) is 4.79 Å². The summed E-state index contributed by atoms with van der Waals surface area (Å²) in [5, 5.41) is 1.18. The molecule has 0 bridgehead atoms. The number of hydrogen-bond acceptors (Lipinski definition) is 4. The van der Waals surface area contributed by atoms with E-state index in [0.717, 1.165) is 54.2 Å². The summed E-state index contributed by atoms with van der Waals surface area (Å²) < 4.78 is 10.6. The zero-order valence-electron chi connectivity index (χ0n) is 20.6. The molecule has 1 saturated heterocycles. The molecule has 0 unspecified atom stereocenters. The van der Waals surface area contributed by atoms with Gasteiger partial charge in [0.2, 0.25) is 0 Å². The number of amides is 1. The number of hydrogen-bond donors (Lipinski definition) is 1. The third kappa shape index (κ3) is 3.78. The van der Waals surface area contributed by atoms with Crippen LogP contribution in [0, 0.1) is 0 Å². The molecule has 7 nitrogen and oxygen atoms in total. The van der Waals surface area contributed by atoms with Crippen molar-refractivity contribution in [2.24, 2.45) is 5.73 Å². The first-order valence-electron chi connectivity index (χ1n) is 13.0. The van der Waals surface area contributed by atoms with Gasteiger partial charge < -0.3 is 24.5 Å². The van der Waals surface area contributed by atoms with Crippen LogP contribution >= 0.6 is 0 Å². The van der Waals surface area contributed by atoms with E-state index in [4.69, 9.17) is 15.5 Å². The number of fused-ring (bicyclic) bond motifs is 1. The maximum atomic E-state index is 13.4. The van der Waals surface area contributed by atoms with E-state index < -0.39 is 0 Å².